The Balaban J connectivity index is 1.96. The number of rotatable bonds is 4. The largest absolute Gasteiger partial charge is 0.355 e. The number of fused-ring (bicyclic) bond motifs is 7. The topological polar surface area (TPSA) is 90.5 Å². The third kappa shape index (κ3) is 4.71. The summed E-state index contributed by atoms with van der Waals surface area (Å²) in [4.78, 5) is 22.2. The molecule has 0 spiro atoms. The lowest BCUT2D eigenvalue weighted by molar-refractivity contribution is -0.385. The molecule has 6 bridgehead atoms. The fraction of sp³-hybridized carbons (Fsp3) is 0.273. The van der Waals surface area contributed by atoms with E-state index in [1.54, 1.807) is 12.1 Å². The Hall–Kier alpha value is -4.32. The van der Waals surface area contributed by atoms with E-state index >= 15 is 0 Å². The summed E-state index contributed by atoms with van der Waals surface area (Å²) in [5.74, 6) is 0. The number of aromatic amines is 3. The monoisotopic (exact) mass is 520 g/mol. The Morgan fingerprint density at radius 2 is 1.18 bits per heavy atom. The third-order valence-corrected chi connectivity index (χ3v) is 8.13. The van der Waals surface area contributed by atoms with E-state index in [0.29, 0.717) is 0 Å². The average molecular weight is 521 g/mol. The van der Waals surface area contributed by atoms with Crippen LogP contribution in [0.15, 0.2) is 18.2 Å². The summed E-state index contributed by atoms with van der Waals surface area (Å²) < 4.78 is 0. The van der Waals surface area contributed by atoms with Crippen molar-refractivity contribution in [3.63, 3.8) is 0 Å². The molecule has 0 fully saturated rings. The van der Waals surface area contributed by atoms with Crippen molar-refractivity contribution in [2.45, 2.75) is 60.8 Å². The molecule has 0 saturated heterocycles. The second-order valence-electron chi connectivity index (χ2n) is 10.3. The van der Waals surface area contributed by atoms with E-state index in [4.69, 9.17) is 0 Å². The van der Waals surface area contributed by atoms with Crippen molar-refractivity contribution < 1.29 is 4.92 Å². The van der Waals surface area contributed by atoms with Crippen LogP contribution in [0.5, 0.6) is 0 Å². The number of hydrogen-bond donors (Lipinski definition) is 3. The summed E-state index contributed by atoms with van der Waals surface area (Å²) in [6.45, 7) is 13.0. The zero-order chi connectivity index (χ0) is 27.8. The highest BCUT2D eigenvalue weighted by molar-refractivity contribution is 5.67. The van der Waals surface area contributed by atoms with Crippen LogP contribution in [-0.4, -0.2) is 19.9 Å². The summed E-state index contributed by atoms with van der Waals surface area (Å²) in [6.07, 6.45) is 15.3. The molecule has 3 N–H and O–H groups in total. The maximum atomic E-state index is 11.6. The number of benzene rings is 1. The van der Waals surface area contributed by atoms with Gasteiger partial charge < -0.3 is 15.0 Å². The zero-order valence-electron chi connectivity index (χ0n) is 23.6. The molecule has 4 aromatic rings. The number of H-pyrrole nitrogens is 3. The second-order valence-corrected chi connectivity index (χ2v) is 10.3. The molecule has 0 saturated carbocycles. The van der Waals surface area contributed by atoms with E-state index in [2.05, 4.69) is 74.7 Å². The number of nitro benzene ring substituents is 1. The Morgan fingerprint density at radius 1 is 0.641 bits per heavy atom. The van der Waals surface area contributed by atoms with E-state index in [0.717, 1.165) is 62.5 Å². The van der Waals surface area contributed by atoms with Crippen LogP contribution in [0.2, 0.25) is 0 Å². The first-order chi connectivity index (χ1) is 18.7. The van der Waals surface area contributed by atoms with Crippen molar-refractivity contribution in [3.05, 3.63) is 105 Å². The van der Waals surface area contributed by atoms with Gasteiger partial charge >= 0.3 is 0 Å². The molecule has 1 aliphatic heterocycles. The number of non-ortho nitro benzene ring substituents is 1. The smallest absolute Gasteiger partial charge is 0.270 e. The van der Waals surface area contributed by atoms with Crippen LogP contribution in [0.1, 0.15) is 65.5 Å². The molecule has 0 unspecified atom stereocenters. The van der Waals surface area contributed by atoms with E-state index in [1.807, 2.05) is 24.3 Å². The molecular formula is C33H36N4O2. The van der Waals surface area contributed by atoms with Gasteiger partial charge in [-0.2, -0.15) is 0 Å². The van der Waals surface area contributed by atoms with Gasteiger partial charge in [0.05, 0.1) is 4.92 Å². The van der Waals surface area contributed by atoms with Gasteiger partial charge in [-0.05, 0) is 114 Å². The van der Waals surface area contributed by atoms with E-state index in [1.165, 1.54) is 33.4 Å². The van der Waals surface area contributed by atoms with Crippen molar-refractivity contribution in [2.75, 3.05) is 0 Å². The van der Waals surface area contributed by atoms with Crippen molar-refractivity contribution in [3.8, 4) is 0 Å². The van der Waals surface area contributed by atoms with Crippen LogP contribution in [0.25, 0.3) is 36.5 Å². The molecule has 0 radical (unpaired) electrons. The maximum Gasteiger partial charge on any atom is 0.270 e. The molecule has 3 aromatic heterocycles. The van der Waals surface area contributed by atoms with Gasteiger partial charge in [0, 0.05) is 44.9 Å². The Morgan fingerprint density at radius 3 is 1.72 bits per heavy atom. The summed E-state index contributed by atoms with van der Waals surface area (Å²) >= 11 is 0. The van der Waals surface area contributed by atoms with Gasteiger partial charge in [-0.15, -0.1) is 0 Å². The predicted molar refractivity (Wildman–Crippen MR) is 161 cm³/mol. The molecule has 6 nitrogen and oxygen atoms in total. The molecule has 200 valence electrons. The fourth-order valence-electron chi connectivity index (χ4n) is 5.86. The molecular weight excluding hydrogens is 484 g/mol. The normalized spacial score (nSPS) is 17.8. The molecule has 0 amide bonds. The summed E-state index contributed by atoms with van der Waals surface area (Å²) in [7, 11) is 0. The molecule has 6 heteroatoms. The first kappa shape index (κ1) is 26.3. The number of nitro groups is 1. The Kier molecular flexibility index (Phi) is 7.04. The van der Waals surface area contributed by atoms with Crippen LogP contribution in [-0.2, 0) is 19.3 Å². The summed E-state index contributed by atoms with van der Waals surface area (Å²) in [6, 6.07) is 5.03. The summed E-state index contributed by atoms with van der Waals surface area (Å²) in [5, 5.41) is 17.5. The summed E-state index contributed by atoms with van der Waals surface area (Å²) in [5.41, 5.74) is 9.88. The minimum Gasteiger partial charge on any atom is -0.355 e. The molecule has 1 aromatic carbocycles. The fourth-order valence-corrected chi connectivity index (χ4v) is 5.86. The van der Waals surface area contributed by atoms with Gasteiger partial charge in [-0.1, -0.05) is 32.9 Å². The van der Waals surface area contributed by atoms with Gasteiger partial charge in [-0.3, -0.25) is 10.1 Å². The maximum absolute atomic E-state index is 11.6. The minimum atomic E-state index is -0.342. The van der Waals surface area contributed by atoms with Crippen LogP contribution < -0.4 is 31.8 Å². The average Bonchev–Trinajstić information content (AvgIpc) is 3.50. The highest BCUT2D eigenvalue weighted by atomic mass is 16.6. The van der Waals surface area contributed by atoms with Crippen molar-refractivity contribution in [2.24, 2.45) is 0 Å². The predicted octanol–water partition coefficient (Wildman–Crippen LogP) is 2.68. The van der Waals surface area contributed by atoms with Crippen molar-refractivity contribution >= 4 is 42.1 Å². The number of nitrogens with one attached hydrogen (secondary N) is 3. The van der Waals surface area contributed by atoms with Gasteiger partial charge in [-0.25, -0.2) is 0 Å². The lowest BCUT2D eigenvalue weighted by atomic mass is 10.0. The zero-order valence-corrected chi connectivity index (χ0v) is 23.6. The number of nitrogens with zero attached hydrogens (tertiary/aromatic N) is 1. The first-order valence-corrected chi connectivity index (χ1v) is 13.7. The molecule has 1 aliphatic rings. The lowest BCUT2D eigenvalue weighted by Crippen LogP contribution is -2.25. The molecule has 39 heavy (non-hydrogen) atoms. The standard InChI is InChI=1S/C33H36N4O2/c1-7-25-19(4)28-14-11-22-10-13-24(37(38)39)16-23(22)12-15-29-20(5)26(8-2)32(35-29)18-33-27(9-3)21(6)30(36-33)17-31(25)34-28/h10-18,34-36H,7-9H2,1-6H3/b14-11?,15-12?,22-11-,23-12-,28-14-,29-15-,30-17?,31-17-,32-18-,33-18?. The van der Waals surface area contributed by atoms with Gasteiger partial charge in [0.1, 0.15) is 0 Å². The number of aromatic nitrogens is 3. The van der Waals surface area contributed by atoms with Gasteiger partial charge in [0.25, 0.3) is 5.69 Å². The highest BCUT2D eigenvalue weighted by Gasteiger charge is 2.13. The quantitative estimate of drug-likeness (QED) is 0.285. The van der Waals surface area contributed by atoms with Crippen LogP contribution in [0.3, 0.4) is 0 Å². The Labute approximate surface area is 227 Å². The van der Waals surface area contributed by atoms with E-state index < -0.39 is 0 Å². The molecule has 0 atom stereocenters. The lowest BCUT2D eigenvalue weighted by Gasteiger charge is -1.98. The van der Waals surface area contributed by atoms with Crippen molar-refractivity contribution in [1.29, 1.82) is 0 Å². The molecule has 0 aliphatic carbocycles. The minimum absolute atomic E-state index is 0.0788. The van der Waals surface area contributed by atoms with Crippen molar-refractivity contribution in [1.82, 2.24) is 15.0 Å². The van der Waals surface area contributed by atoms with Gasteiger partial charge in [0.2, 0.25) is 0 Å². The van der Waals surface area contributed by atoms with Crippen LogP contribution >= 0.6 is 0 Å². The molecule has 4 heterocycles. The highest BCUT2D eigenvalue weighted by Crippen LogP contribution is 2.21. The Bertz CT molecular complexity index is 1980. The first-order valence-electron chi connectivity index (χ1n) is 13.7. The number of hydrogen-bond acceptors (Lipinski definition) is 2. The van der Waals surface area contributed by atoms with E-state index in [9.17, 15) is 10.1 Å². The second kappa shape index (κ2) is 10.4. The van der Waals surface area contributed by atoms with Crippen LogP contribution in [0, 0.1) is 30.9 Å². The third-order valence-electron chi connectivity index (χ3n) is 8.13. The van der Waals surface area contributed by atoms with E-state index in [-0.39, 0.29) is 10.6 Å². The molecule has 5 rings (SSSR count). The van der Waals surface area contributed by atoms with Crippen LogP contribution in [0.4, 0.5) is 5.69 Å². The SMILES string of the molecule is CCc1c2[nH]c(c1C)/C=c1\[nH]\c(c(C)c1CC)=C/C=c1/ccc([N+](=O)[O-])c/c1=C/C=c1\[nH]/c(c(CC)c1C)=C\2. The van der Waals surface area contributed by atoms with Gasteiger partial charge in [0.15, 0.2) is 0 Å².